The molecule has 0 aliphatic carbocycles. The summed E-state index contributed by atoms with van der Waals surface area (Å²) >= 11 is 0. The van der Waals surface area contributed by atoms with Gasteiger partial charge in [-0.15, -0.1) is 0 Å². The number of hydrogen-bond acceptors (Lipinski definition) is 4. The van der Waals surface area contributed by atoms with Gasteiger partial charge in [-0.1, -0.05) is 0 Å². The van der Waals surface area contributed by atoms with Crippen molar-refractivity contribution >= 4 is 17.7 Å². The third-order valence-electron chi connectivity index (χ3n) is 1.88. The number of primary amides is 1. The molecule has 0 aromatic heterocycles. The molecule has 1 rings (SSSR count). The lowest BCUT2D eigenvalue weighted by atomic mass is 10.2. The number of nitrogens with one attached hydrogen (secondary N) is 1. The number of hydrogen-bond donors (Lipinski definition) is 2. The molecule has 0 fully saturated rings. The van der Waals surface area contributed by atoms with E-state index < -0.39 is 12.0 Å². The van der Waals surface area contributed by atoms with E-state index in [0.717, 1.165) is 0 Å². The molecule has 86 valence electrons. The molecule has 16 heavy (non-hydrogen) atoms. The van der Waals surface area contributed by atoms with E-state index in [9.17, 15) is 9.59 Å². The molecule has 1 aromatic carbocycles. The fourth-order valence-corrected chi connectivity index (χ4v) is 1.18. The molecule has 6 heteroatoms. The van der Waals surface area contributed by atoms with Crippen LogP contribution in [0.3, 0.4) is 0 Å². The predicted octanol–water partition coefficient (Wildman–Crippen LogP) is 0.972. The maximum atomic E-state index is 11.2. The number of anilines is 1. The van der Waals surface area contributed by atoms with Gasteiger partial charge in [0, 0.05) is 0 Å². The largest absolute Gasteiger partial charge is 0.495 e. The Hall–Kier alpha value is -2.24. The summed E-state index contributed by atoms with van der Waals surface area (Å²) < 4.78 is 9.54. The molecule has 2 amide bonds. The number of rotatable bonds is 3. The van der Waals surface area contributed by atoms with E-state index >= 15 is 0 Å². The molecule has 0 radical (unpaired) electrons. The van der Waals surface area contributed by atoms with E-state index in [1.807, 2.05) is 0 Å². The molecule has 0 heterocycles. The van der Waals surface area contributed by atoms with Crippen LogP contribution < -0.4 is 15.8 Å². The zero-order valence-electron chi connectivity index (χ0n) is 8.94. The van der Waals surface area contributed by atoms with Gasteiger partial charge in [0.1, 0.15) is 5.75 Å². The Morgan fingerprint density at radius 3 is 2.50 bits per heavy atom. The van der Waals surface area contributed by atoms with E-state index in [4.69, 9.17) is 10.5 Å². The van der Waals surface area contributed by atoms with Gasteiger partial charge in [0.25, 0.3) is 0 Å². The number of esters is 1. The number of ether oxygens (including phenoxy) is 2. The van der Waals surface area contributed by atoms with Crippen molar-refractivity contribution in [2.75, 3.05) is 19.5 Å². The molecule has 0 aliphatic heterocycles. The highest BCUT2D eigenvalue weighted by atomic mass is 16.5. The highest BCUT2D eigenvalue weighted by Crippen LogP contribution is 2.25. The first kappa shape index (κ1) is 11.8. The van der Waals surface area contributed by atoms with Gasteiger partial charge >= 0.3 is 12.0 Å². The minimum absolute atomic E-state index is 0.298. The Morgan fingerprint density at radius 1 is 1.31 bits per heavy atom. The fraction of sp³-hybridized carbons (Fsp3) is 0.200. The Bertz CT molecular complexity index is 417. The second-order valence-corrected chi connectivity index (χ2v) is 2.90. The smallest absolute Gasteiger partial charge is 0.337 e. The number of methoxy groups -OCH3 is 2. The summed E-state index contributed by atoms with van der Waals surface area (Å²) in [5.74, 6) is -0.0957. The van der Waals surface area contributed by atoms with Crippen LogP contribution in [0.2, 0.25) is 0 Å². The number of amides is 2. The molecule has 6 nitrogen and oxygen atoms in total. The number of nitrogens with two attached hydrogens (primary N) is 1. The quantitative estimate of drug-likeness (QED) is 0.748. The second-order valence-electron chi connectivity index (χ2n) is 2.90. The van der Waals surface area contributed by atoms with Crippen molar-refractivity contribution in [3.63, 3.8) is 0 Å². The summed E-state index contributed by atoms with van der Waals surface area (Å²) in [6, 6.07) is 3.75. The van der Waals surface area contributed by atoms with Crippen LogP contribution in [0.4, 0.5) is 10.5 Å². The summed E-state index contributed by atoms with van der Waals surface area (Å²) in [5.41, 5.74) is 5.60. The Balaban J connectivity index is 3.10. The topological polar surface area (TPSA) is 90.7 Å². The van der Waals surface area contributed by atoms with Gasteiger partial charge in [0.15, 0.2) is 0 Å². The SMILES string of the molecule is COC(=O)c1ccc(OC)c(NC(N)=O)c1. The van der Waals surface area contributed by atoms with Gasteiger partial charge in [-0.25, -0.2) is 9.59 Å². The monoisotopic (exact) mass is 224 g/mol. The van der Waals surface area contributed by atoms with Gasteiger partial charge in [0.05, 0.1) is 25.5 Å². The van der Waals surface area contributed by atoms with Gasteiger partial charge < -0.3 is 20.5 Å². The summed E-state index contributed by atoms with van der Waals surface area (Å²) in [7, 11) is 2.72. The fourth-order valence-electron chi connectivity index (χ4n) is 1.18. The predicted molar refractivity (Wildman–Crippen MR) is 57.5 cm³/mol. The number of carbonyl (C=O) groups excluding carboxylic acids is 2. The Kier molecular flexibility index (Phi) is 3.71. The van der Waals surface area contributed by atoms with Crippen LogP contribution in [-0.4, -0.2) is 26.2 Å². The van der Waals surface area contributed by atoms with Gasteiger partial charge in [-0.3, -0.25) is 0 Å². The average molecular weight is 224 g/mol. The van der Waals surface area contributed by atoms with Crippen molar-refractivity contribution in [1.29, 1.82) is 0 Å². The zero-order chi connectivity index (χ0) is 12.1. The highest BCUT2D eigenvalue weighted by Gasteiger charge is 2.11. The zero-order valence-corrected chi connectivity index (χ0v) is 8.94. The highest BCUT2D eigenvalue weighted by molar-refractivity contribution is 5.94. The first-order valence-corrected chi connectivity index (χ1v) is 4.41. The van der Waals surface area contributed by atoms with E-state index in [2.05, 4.69) is 10.1 Å². The molecule has 0 unspecified atom stereocenters. The summed E-state index contributed by atoms with van der Waals surface area (Å²) in [5, 5.41) is 2.35. The van der Waals surface area contributed by atoms with Crippen molar-refractivity contribution < 1.29 is 19.1 Å². The maximum Gasteiger partial charge on any atom is 0.337 e. The van der Waals surface area contributed by atoms with Crippen LogP contribution in [0.5, 0.6) is 5.75 Å². The van der Waals surface area contributed by atoms with Gasteiger partial charge in [-0.2, -0.15) is 0 Å². The van der Waals surface area contributed by atoms with Crippen molar-refractivity contribution in [3.8, 4) is 5.75 Å². The molecule has 0 saturated carbocycles. The van der Waals surface area contributed by atoms with E-state index in [1.54, 1.807) is 0 Å². The lowest BCUT2D eigenvalue weighted by molar-refractivity contribution is 0.0600. The molecule has 1 aromatic rings. The maximum absolute atomic E-state index is 11.2. The summed E-state index contributed by atoms with van der Waals surface area (Å²) in [6.45, 7) is 0. The number of urea groups is 1. The lowest BCUT2D eigenvalue weighted by Gasteiger charge is -2.09. The Morgan fingerprint density at radius 2 is 2.00 bits per heavy atom. The van der Waals surface area contributed by atoms with Crippen molar-refractivity contribution in [1.82, 2.24) is 0 Å². The minimum atomic E-state index is -0.736. The molecule has 0 bridgehead atoms. The van der Waals surface area contributed by atoms with Crippen molar-refractivity contribution in [3.05, 3.63) is 23.8 Å². The average Bonchev–Trinajstić information content (AvgIpc) is 2.27. The number of benzene rings is 1. The Labute approximate surface area is 92.3 Å². The van der Waals surface area contributed by atoms with Crippen LogP contribution in [-0.2, 0) is 4.74 Å². The van der Waals surface area contributed by atoms with E-state index in [-0.39, 0.29) is 0 Å². The molecule has 0 atom stereocenters. The first-order chi connectivity index (χ1) is 7.58. The van der Waals surface area contributed by atoms with Crippen molar-refractivity contribution in [2.45, 2.75) is 0 Å². The molecule has 3 N–H and O–H groups in total. The van der Waals surface area contributed by atoms with Gasteiger partial charge in [0.2, 0.25) is 0 Å². The number of carbonyl (C=O) groups is 2. The lowest BCUT2D eigenvalue weighted by Crippen LogP contribution is -2.20. The summed E-state index contributed by atoms with van der Waals surface area (Å²) in [6.07, 6.45) is 0. The third kappa shape index (κ3) is 2.63. The van der Waals surface area contributed by atoms with Crippen LogP contribution >= 0.6 is 0 Å². The normalized spacial score (nSPS) is 9.38. The third-order valence-corrected chi connectivity index (χ3v) is 1.88. The molecule has 0 spiro atoms. The van der Waals surface area contributed by atoms with Crippen LogP contribution in [0.25, 0.3) is 0 Å². The van der Waals surface area contributed by atoms with Crippen LogP contribution in [0.1, 0.15) is 10.4 Å². The van der Waals surface area contributed by atoms with E-state index in [0.29, 0.717) is 17.0 Å². The van der Waals surface area contributed by atoms with Gasteiger partial charge in [-0.05, 0) is 18.2 Å². The summed E-state index contributed by atoms with van der Waals surface area (Å²) in [4.78, 5) is 22.0. The molecular formula is C10H12N2O4. The van der Waals surface area contributed by atoms with Crippen LogP contribution in [0.15, 0.2) is 18.2 Å². The van der Waals surface area contributed by atoms with Crippen molar-refractivity contribution in [2.24, 2.45) is 5.73 Å². The van der Waals surface area contributed by atoms with E-state index in [1.165, 1.54) is 32.4 Å². The minimum Gasteiger partial charge on any atom is -0.495 e. The molecule has 0 aliphatic rings. The molecule has 0 saturated heterocycles. The second kappa shape index (κ2) is 5.01. The first-order valence-electron chi connectivity index (χ1n) is 4.41. The standard InChI is InChI=1S/C10H12N2O4/c1-15-8-4-3-6(9(13)16-2)5-7(8)12-10(11)14/h3-5H,1-2H3,(H3,11,12,14). The van der Waals surface area contributed by atoms with Crippen LogP contribution in [0, 0.1) is 0 Å². The molecular weight excluding hydrogens is 212 g/mol.